The van der Waals surface area contributed by atoms with Crippen molar-refractivity contribution in [3.05, 3.63) is 78.0 Å². The highest BCUT2D eigenvalue weighted by Crippen LogP contribution is 2.19. The van der Waals surface area contributed by atoms with Crippen LogP contribution < -0.4 is 4.74 Å². The molecule has 0 fully saturated rings. The highest BCUT2D eigenvalue weighted by molar-refractivity contribution is 5.33. The molecule has 3 rings (SSSR count). The lowest BCUT2D eigenvalue weighted by Crippen LogP contribution is -1.92. The number of ether oxygens (including phenoxy) is 1. The van der Waals surface area contributed by atoms with Gasteiger partial charge in [0.25, 0.3) is 0 Å². The highest BCUT2D eigenvalue weighted by atomic mass is 16.5. The fraction of sp³-hybridized carbons (Fsp3) is 0.0625. The Morgan fingerprint density at radius 3 is 2.25 bits per heavy atom. The molecule has 0 aliphatic rings. The monoisotopic (exact) mass is 263 g/mol. The SMILES string of the molecule is c1ccc(Cc2ccc(Oc3ccnnn3)cc2)cc1. The van der Waals surface area contributed by atoms with Gasteiger partial charge in [0.05, 0.1) is 6.20 Å². The standard InChI is InChI=1S/C16H13N3O/c1-2-4-13(5-3-1)12-14-6-8-15(9-7-14)20-16-10-11-17-19-18-16/h1-11H,12H2. The molecule has 98 valence electrons. The molecule has 4 nitrogen and oxygen atoms in total. The molecular formula is C16H13N3O. The lowest BCUT2D eigenvalue weighted by molar-refractivity contribution is 0.450. The number of benzene rings is 2. The maximum absolute atomic E-state index is 5.57. The summed E-state index contributed by atoms with van der Waals surface area (Å²) in [6.45, 7) is 0. The summed E-state index contributed by atoms with van der Waals surface area (Å²) in [5, 5.41) is 10.9. The van der Waals surface area contributed by atoms with Crippen molar-refractivity contribution in [2.24, 2.45) is 0 Å². The lowest BCUT2D eigenvalue weighted by atomic mass is 10.1. The second-order valence-electron chi connectivity index (χ2n) is 4.37. The van der Waals surface area contributed by atoms with Crippen LogP contribution >= 0.6 is 0 Å². The number of rotatable bonds is 4. The molecule has 0 bridgehead atoms. The van der Waals surface area contributed by atoms with Crippen molar-refractivity contribution in [1.29, 1.82) is 0 Å². The maximum Gasteiger partial charge on any atom is 0.242 e. The van der Waals surface area contributed by atoms with Gasteiger partial charge in [0.15, 0.2) is 0 Å². The van der Waals surface area contributed by atoms with E-state index in [2.05, 4.69) is 51.8 Å². The van der Waals surface area contributed by atoms with Gasteiger partial charge in [-0.25, -0.2) is 0 Å². The van der Waals surface area contributed by atoms with Gasteiger partial charge in [-0.05, 0) is 34.9 Å². The van der Waals surface area contributed by atoms with E-state index < -0.39 is 0 Å². The Labute approximate surface area is 117 Å². The van der Waals surface area contributed by atoms with Crippen molar-refractivity contribution >= 4 is 0 Å². The molecule has 0 aliphatic carbocycles. The summed E-state index contributed by atoms with van der Waals surface area (Å²) in [7, 11) is 0. The Bertz CT molecular complexity index is 594. The van der Waals surface area contributed by atoms with Crippen LogP contribution in [0, 0.1) is 0 Å². The van der Waals surface area contributed by atoms with Crippen molar-refractivity contribution in [3.63, 3.8) is 0 Å². The van der Waals surface area contributed by atoms with E-state index in [0.29, 0.717) is 5.88 Å². The molecule has 4 heteroatoms. The van der Waals surface area contributed by atoms with Gasteiger partial charge in [0, 0.05) is 6.07 Å². The van der Waals surface area contributed by atoms with E-state index in [4.69, 9.17) is 4.74 Å². The molecule has 0 saturated carbocycles. The predicted molar refractivity (Wildman–Crippen MR) is 75.6 cm³/mol. The van der Waals surface area contributed by atoms with Crippen molar-refractivity contribution in [2.75, 3.05) is 0 Å². The summed E-state index contributed by atoms with van der Waals surface area (Å²) in [6.07, 6.45) is 2.46. The van der Waals surface area contributed by atoms with Crippen LogP contribution in [-0.2, 0) is 6.42 Å². The molecule has 2 aromatic carbocycles. The minimum absolute atomic E-state index is 0.441. The van der Waals surface area contributed by atoms with E-state index in [-0.39, 0.29) is 0 Å². The molecule has 20 heavy (non-hydrogen) atoms. The predicted octanol–water partition coefficient (Wildman–Crippen LogP) is 3.25. The summed E-state index contributed by atoms with van der Waals surface area (Å²) in [5.74, 6) is 1.18. The summed E-state index contributed by atoms with van der Waals surface area (Å²) >= 11 is 0. The van der Waals surface area contributed by atoms with Crippen LogP contribution in [-0.4, -0.2) is 15.4 Å². The Hall–Kier alpha value is -2.75. The van der Waals surface area contributed by atoms with Crippen molar-refractivity contribution in [1.82, 2.24) is 15.4 Å². The molecule has 0 amide bonds. The van der Waals surface area contributed by atoms with E-state index in [0.717, 1.165) is 12.2 Å². The molecule has 0 unspecified atom stereocenters. The lowest BCUT2D eigenvalue weighted by Gasteiger charge is -2.05. The second-order valence-corrected chi connectivity index (χ2v) is 4.37. The first-order chi connectivity index (χ1) is 9.90. The maximum atomic E-state index is 5.57. The van der Waals surface area contributed by atoms with Crippen LogP contribution in [0.4, 0.5) is 0 Å². The first kappa shape index (κ1) is 12.3. The Kier molecular flexibility index (Phi) is 3.64. The largest absolute Gasteiger partial charge is 0.437 e. The van der Waals surface area contributed by atoms with E-state index >= 15 is 0 Å². The zero-order valence-corrected chi connectivity index (χ0v) is 10.8. The highest BCUT2D eigenvalue weighted by Gasteiger charge is 2.00. The summed E-state index contributed by atoms with van der Waals surface area (Å²) in [4.78, 5) is 0. The smallest absolute Gasteiger partial charge is 0.242 e. The Balaban J connectivity index is 1.69. The third kappa shape index (κ3) is 3.17. The van der Waals surface area contributed by atoms with Gasteiger partial charge in [-0.1, -0.05) is 47.6 Å². The van der Waals surface area contributed by atoms with Gasteiger partial charge >= 0.3 is 0 Å². The van der Waals surface area contributed by atoms with Crippen LogP contribution in [0.15, 0.2) is 66.9 Å². The molecule has 0 N–H and O–H groups in total. The van der Waals surface area contributed by atoms with Crippen LogP contribution in [0.5, 0.6) is 11.6 Å². The second kappa shape index (κ2) is 5.93. The third-order valence-electron chi connectivity index (χ3n) is 2.88. The zero-order valence-electron chi connectivity index (χ0n) is 10.8. The van der Waals surface area contributed by atoms with Gasteiger partial charge in [0.2, 0.25) is 5.88 Å². The molecule has 1 heterocycles. The average Bonchev–Trinajstić information content (AvgIpc) is 2.51. The van der Waals surface area contributed by atoms with Crippen LogP contribution in [0.2, 0.25) is 0 Å². The van der Waals surface area contributed by atoms with Crippen molar-refractivity contribution in [2.45, 2.75) is 6.42 Å². The normalized spacial score (nSPS) is 10.2. The molecule has 0 radical (unpaired) electrons. The van der Waals surface area contributed by atoms with Crippen LogP contribution in [0.3, 0.4) is 0 Å². The minimum atomic E-state index is 0.441. The van der Waals surface area contributed by atoms with Crippen LogP contribution in [0.1, 0.15) is 11.1 Å². The molecule has 0 spiro atoms. The van der Waals surface area contributed by atoms with Crippen LogP contribution in [0.25, 0.3) is 0 Å². The summed E-state index contributed by atoms with van der Waals surface area (Å²) < 4.78 is 5.57. The van der Waals surface area contributed by atoms with Gasteiger partial charge in [0.1, 0.15) is 5.75 Å². The first-order valence-corrected chi connectivity index (χ1v) is 6.35. The zero-order chi connectivity index (χ0) is 13.6. The van der Waals surface area contributed by atoms with Gasteiger partial charge in [-0.2, -0.15) is 0 Å². The third-order valence-corrected chi connectivity index (χ3v) is 2.88. The number of nitrogens with zero attached hydrogens (tertiary/aromatic N) is 3. The number of hydrogen-bond donors (Lipinski definition) is 0. The first-order valence-electron chi connectivity index (χ1n) is 6.35. The number of hydrogen-bond acceptors (Lipinski definition) is 4. The molecule has 0 saturated heterocycles. The molecule has 3 aromatic rings. The molecular weight excluding hydrogens is 250 g/mol. The summed E-state index contributed by atoms with van der Waals surface area (Å²) in [5.41, 5.74) is 2.53. The van der Waals surface area contributed by atoms with E-state index in [1.165, 1.54) is 11.1 Å². The van der Waals surface area contributed by atoms with E-state index in [9.17, 15) is 0 Å². The van der Waals surface area contributed by atoms with Crippen molar-refractivity contribution < 1.29 is 4.74 Å². The topological polar surface area (TPSA) is 47.9 Å². The number of aromatic nitrogens is 3. The molecule has 1 aromatic heterocycles. The van der Waals surface area contributed by atoms with Crippen molar-refractivity contribution in [3.8, 4) is 11.6 Å². The van der Waals surface area contributed by atoms with Gasteiger partial charge in [-0.3, -0.25) is 0 Å². The summed E-state index contributed by atoms with van der Waals surface area (Å²) in [6, 6.07) is 20.0. The van der Waals surface area contributed by atoms with Gasteiger partial charge in [-0.15, -0.1) is 5.10 Å². The van der Waals surface area contributed by atoms with Gasteiger partial charge < -0.3 is 4.74 Å². The van der Waals surface area contributed by atoms with E-state index in [1.807, 2.05) is 18.2 Å². The Morgan fingerprint density at radius 1 is 0.800 bits per heavy atom. The average molecular weight is 263 g/mol. The molecule has 0 aliphatic heterocycles. The fourth-order valence-corrected chi connectivity index (χ4v) is 1.91. The quantitative estimate of drug-likeness (QED) is 0.725. The fourth-order valence-electron chi connectivity index (χ4n) is 1.91. The Morgan fingerprint density at radius 2 is 1.55 bits per heavy atom. The minimum Gasteiger partial charge on any atom is -0.437 e. The molecule has 0 atom stereocenters. The van der Waals surface area contributed by atoms with E-state index in [1.54, 1.807) is 12.3 Å².